The summed E-state index contributed by atoms with van der Waals surface area (Å²) in [6.45, 7) is 5.43. The molecule has 2 rings (SSSR count). The maximum atomic E-state index is 12.0. The highest BCUT2D eigenvalue weighted by atomic mass is 79.9. The average Bonchev–Trinajstić information content (AvgIpc) is 2.71. The molecule has 0 unspecified atom stereocenters. The van der Waals surface area contributed by atoms with E-state index in [9.17, 15) is 9.59 Å². The zero-order valence-corrected chi connectivity index (χ0v) is 12.5. The van der Waals surface area contributed by atoms with E-state index >= 15 is 0 Å². The summed E-state index contributed by atoms with van der Waals surface area (Å²) in [6, 6.07) is 3.40. The maximum Gasteiger partial charge on any atom is 0.315 e. The van der Waals surface area contributed by atoms with E-state index in [0.717, 1.165) is 10.9 Å². The fourth-order valence-corrected chi connectivity index (χ4v) is 2.28. The molecule has 0 radical (unpaired) electrons. The van der Waals surface area contributed by atoms with E-state index in [4.69, 9.17) is 0 Å². The fourth-order valence-electron chi connectivity index (χ4n) is 2.05. The van der Waals surface area contributed by atoms with Crippen LogP contribution in [-0.2, 0) is 9.59 Å². The Labute approximate surface area is 120 Å². The molecule has 1 N–H and O–H groups in total. The quantitative estimate of drug-likeness (QED) is 0.804. The summed E-state index contributed by atoms with van der Waals surface area (Å²) >= 11 is 3.26. The minimum atomic E-state index is -0.632. The van der Waals surface area contributed by atoms with Gasteiger partial charge in [-0.05, 0) is 39.9 Å². The van der Waals surface area contributed by atoms with Gasteiger partial charge in [0.15, 0.2) is 0 Å². The Bertz CT molecular complexity index is 499. The van der Waals surface area contributed by atoms with Gasteiger partial charge >= 0.3 is 11.8 Å². The minimum absolute atomic E-state index is 0.0891. The average molecular weight is 326 g/mol. The molecule has 102 valence electrons. The van der Waals surface area contributed by atoms with E-state index in [1.54, 1.807) is 23.2 Å². The highest BCUT2D eigenvalue weighted by Gasteiger charge is 2.34. The summed E-state index contributed by atoms with van der Waals surface area (Å²) in [6.07, 6.45) is 2.49. The molecule has 1 fully saturated rings. The van der Waals surface area contributed by atoms with Crippen molar-refractivity contribution in [1.82, 2.24) is 9.88 Å². The summed E-state index contributed by atoms with van der Waals surface area (Å²) in [4.78, 5) is 29.4. The summed E-state index contributed by atoms with van der Waals surface area (Å²) in [5.41, 5.74) is 0.0891. The first-order valence-electron chi connectivity index (χ1n) is 6.09. The van der Waals surface area contributed by atoms with Crippen molar-refractivity contribution in [2.75, 3.05) is 18.4 Å². The van der Waals surface area contributed by atoms with Crippen LogP contribution < -0.4 is 5.32 Å². The number of pyridine rings is 1. The molecule has 5 nitrogen and oxygen atoms in total. The van der Waals surface area contributed by atoms with E-state index in [0.29, 0.717) is 18.9 Å². The van der Waals surface area contributed by atoms with Crippen molar-refractivity contribution >= 4 is 33.6 Å². The molecule has 0 aliphatic carbocycles. The van der Waals surface area contributed by atoms with Gasteiger partial charge in [0.2, 0.25) is 0 Å². The van der Waals surface area contributed by atoms with Gasteiger partial charge in [-0.1, -0.05) is 13.8 Å². The number of aromatic nitrogens is 1. The second kappa shape index (κ2) is 5.28. The van der Waals surface area contributed by atoms with Gasteiger partial charge in [-0.15, -0.1) is 0 Å². The van der Waals surface area contributed by atoms with Crippen LogP contribution in [0.4, 0.5) is 5.82 Å². The molecule has 0 aromatic carbocycles. The number of anilines is 1. The van der Waals surface area contributed by atoms with Gasteiger partial charge in [-0.25, -0.2) is 4.98 Å². The van der Waals surface area contributed by atoms with Crippen LogP contribution in [0.2, 0.25) is 0 Å². The standard InChI is InChI=1S/C13H16BrN3O2/c1-13(2)5-6-17(8-13)12(19)11(18)16-10-4-3-9(14)7-15-10/h3-4,7H,5-6,8H2,1-2H3,(H,15,16,18). The highest BCUT2D eigenvalue weighted by molar-refractivity contribution is 9.10. The number of likely N-dealkylation sites (tertiary alicyclic amines) is 1. The number of hydrogen-bond donors (Lipinski definition) is 1. The molecular weight excluding hydrogens is 310 g/mol. The van der Waals surface area contributed by atoms with Gasteiger partial charge < -0.3 is 10.2 Å². The Morgan fingerprint density at radius 2 is 2.16 bits per heavy atom. The van der Waals surface area contributed by atoms with Crippen LogP contribution in [0.15, 0.2) is 22.8 Å². The number of nitrogens with one attached hydrogen (secondary N) is 1. The first-order valence-corrected chi connectivity index (χ1v) is 6.88. The monoisotopic (exact) mass is 325 g/mol. The van der Waals surface area contributed by atoms with E-state index in [2.05, 4.69) is 40.1 Å². The van der Waals surface area contributed by atoms with Gasteiger partial charge in [-0.3, -0.25) is 9.59 Å². The fraction of sp³-hybridized carbons (Fsp3) is 0.462. The highest BCUT2D eigenvalue weighted by Crippen LogP contribution is 2.28. The van der Waals surface area contributed by atoms with Crippen LogP contribution in [0.5, 0.6) is 0 Å². The lowest BCUT2D eigenvalue weighted by molar-refractivity contribution is -0.142. The Balaban J connectivity index is 1.97. The summed E-state index contributed by atoms with van der Waals surface area (Å²) in [7, 11) is 0. The number of amides is 2. The molecule has 2 heterocycles. The molecule has 0 saturated carbocycles. The number of hydrogen-bond acceptors (Lipinski definition) is 3. The minimum Gasteiger partial charge on any atom is -0.334 e. The van der Waals surface area contributed by atoms with Crippen molar-refractivity contribution in [1.29, 1.82) is 0 Å². The Hall–Kier alpha value is -1.43. The van der Waals surface area contributed by atoms with Gasteiger partial charge in [0.05, 0.1) is 0 Å². The molecule has 1 saturated heterocycles. The summed E-state index contributed by atoms with van der Waals surface area (Å²) < 4.78 is 0.818. The van der Waals surface area contributed by atoms with Crippen LogP contribution in [-0.4, -0.2) is 34.8 Å². The topological polar surface area (TPSA) is 62.3 Å². The lowest BCUT2D eigenvalue weighted by Crippen LogP contribution is -2.39. The van der Waals surface area contributed by atoms with Crippen molar-refractivity contribution < 1.29 is 9.59 Å². The zero-order chi connectivity index (χ0) is 14.0. The van der Waals surface area contributed by atoms with Crippen molar-refractivity contribution in [3.63, 3.8) is 0 Å². The molecule has 0 atom stereocenters. The first-order chi connectivity index (χ1) is 8.87. The van der Waals surface area contributed by atoms with Gasteiger partial charge in [0, 0.05) is 23.8 Å². The molecule has 6 heteroatoms. The third-order valence-electron chi connectivity index (χ3n) is 3.13. The molecular formula is C13H16BrN3O2. The van der Waals surface area contributed by atoms with Gasteiger partial charge in [0.1, 0.15) is 5.82 Å². The van der Waals surface area contributed by atoms with Crippen molar-refractivity contribution in [2.24, 2.45) is 5.41 Å². The molecule has 2 amide bonds. The number of carbonyl (C=O) groups excluding carboxylic acids is 2. The van der Waals surface area contributed by atoms with E-state index < -0.39 is 11.8 Å². The molecule has 1 aromatic heterocycles. The van der Waals surface area contributed by atoms with Crippen LogP contribution in [0.3, 0.4) is 0 Å². The third-order valence-corrected chi connectivity index (χ3v) is 3.60. The number of carbonyl (C=O) groups is 2. The second-order valence-corrected chi connectivity index (χ2v) is 6.37. The Kier molecular flexibility index (Phi) is 3.89. The molecule has 1 aliphatic heterocycles. The maximum absolute atomic E-state index is 12.0. The number of rotatable bonds is 1. The predicted octanol–water partition coefficient (Wildman–Crippen LogP) is 2.04. The van der Waals surface area contributed by atoms with E-state index in [1.807, 2.05) is 0 Å². The Morgan fingerprint density at radius 1 is 1.42 bits per heavy atom. The normalized spacial score (nSPS) is 17.3. The first kappa shape index (κ1) is 14.0. The summed E-state index contributed by atoms with van der Waals surface area (Å²) in [5, 5.41) is 2.51. The second-order valence-electron chi connectivity index (χ2n) is 5.46. The smallest absolute Gasteiger partial charge is 0.315 e. The largest absolute Gasteiger partial charge is 0.334 e. The lowest BCUT2D eigenvalue weighted by Gasteiger charge is -2.19. The van der Waals surface area contributed by atoms with Crippen molar-refractivity contribution in [3.8, 4) is 0 Å². The lowest BCUT2D eigenvalue weighted by atomic mass is 9.93. The van der Waals surface area contributed by atoms with Crippen LogP contribution >= 0.6 is 15.9 Å². The molecule has 0 bridgehead atoms. The van der Waals surface area contributed by atoms with Crippen LogP contribution in [0.25, 0.3) is 0 Å². The SMILES string of the molecule is CC1(C)CCN(C(=O)C(=O)Nc2ccc(Br)cn2)C1. The Morgan fingerprint density at radius 3 is 2.68 bits per heavy atom. The van der Waals surface area contributed by atoms with Gasteiger partial charge in [-0.2, -0.15) is 0 Å². The van der Waals surface area contributed by atoms with Crippen molar-refractivity contribution in [2.45, 2.75) is 20.3 Å². The zero-order valence-electron chi connectivity index (χ0n) is 10.9. The van der Waals surface area contributed by atoms with E-state index in [1.165, 1.54) is 0 Å². The van der Waals surface area contributed by atoms with Gasteiger partial charge in [0.25, 0.3) is 0 Å². The third kappa shape index (κ3) is 3.53. The number of nitrogens with zero attached hydrogens (tertiary/aromatic N) is 2. The molecule has 0 spiro atoms. The predicted molar refractivity (Wildman–Crippen MR) is 75.5 cm³/mol. The van der Waals surface area contributed by atoms with Crippen LogP contribution in [0, 0.1) is 5.41 Å². The summed E-state index contributed by atoms with van der Waals surface area (Å²) in [5.74, 6) is -0.747. The molecule has 19 heavy (non-hydrogen) atoms. The van der Waals surface area contributed by atoms with Crippen molar-refractivity contribution in [3.05, 3.63) is 22.8 Å². The van der Waals surface area contributed by atoms with E-state index in [-0.39, 0.29) is 5.41 Å². The molecule has 1 aliphatic rings. The number of halogens is 1. The molecule has 1 aromatic rings. The van der Waals surface area contributed by atoms with Crippen LogP contribution in [0.1, 0.15) is 20.3 Å².